The summed E-state index contributed by atoms with van der Waals surface area (Å²) in [6, 6.07) is 9.21. The van der Waals surface area contributed by atoms with Gasteiger partial charge in [-0.3, -0.25) is 4.68 Å². The molecule has 0 saturated heterocycles. The standard InChI is InChI=1S/C18H17N7O2/c1-26-18-6-16(21-12-22-18)24-9-14-4-5-23-25(14)11-15(10-24)27-17-3-2-13(7-19)8-20-17/h2-6,8,12,15H,9-11H2,1H3. The van der Waals surface area contributed by atoms with Gasteiger partial charge >= 0.3 is 0 Å². The van der Waals surface area contributed by atoms with E-state index in [1.165, 1.54) is 12.5 Å². The molecule has 0 amide bonds. The van der Waals surface area contributed by atoms with Gasteiger partial charge in [-0.05, 0) is 12.1 Å². The van der Waals surface area contributed by atoms with E-state index in [0.29, 0.717) is 37.0 Å². The Kier molecular flexibility index (Phi) is 4.53. The quantitative estimate of drug-likeness (QED) is 0.686. The summed E-state index contributed by atoms with van der Waals surface area (Å²) in [5.74, 6) is 1.72. The maximum atomic E-state index is 8.90. The summed E-state index contributed by atoms with van der Waals surface area (Å²) >= 11 is 0. The number of anilines is 1. The van der Waals surface area contributed by atoms with E-state index >= 15 is 0 Å². The molecule has 0 saturated carbocycles. The highest BCUT2D eigenvalue weighted by Gasteiger charge is 2.25. The van der Waals surface area contributed by atoms with Crippen LogP contribution in [0, 0.1) is 11.3 Å². The van der Waals surface area contributed by atoms with Crippen LogP contribution in [-0.2, 0) is 13.1 Å². The smallest absolute Gasteiger partial charge is 0.218 e. The fraction of sp³-hybridized carbons (Fsp3) is 0.278. The van der Waals surface area contributed by atoms with Crippen LogP contribution >= 0.6 is 0 Å². The number of ether oxygens (including phenoxy) is 2. The molecule has 0 radical (unpaired) electrons. The Morgan fingerprint density at radius 3 is 2.85 bits per heavy atom. The normalized spacial score (nSPS) is 16.1. The summed E-state index contributed by atoms with van der Waals surface area (Å²) in [5.41, 5.74) is 1.55. The van der Waals surface area contributed by atoms with Crippen LogP contribution in [0.3, 0.4) is 0 Å². The number of hydrogen-bond donors (Lipinski definition) is 0. The van der Waals surface area contributed by atoms with Gasteiger partial charge in [-0.1, -0.05) is 0 Å². The molecule has 1 aliphatic rings. The highest BCUT2D eigenvalue weighted by Crippen LogP contribution is 2.22. The van der Waals surface area contributed by atoms with E-state index in [9.17, 15) is 0 Å². The maximum absolute atomic E-state index is 8.90. The summed E-state index contributed by atoms with van der Waals surface area (Å²) in [6.45, 7) is 1.81. The number of rotatable bonds is 4. The van der Waals surface area contributed by atoms with E-state index in [1.54, 1.807) is 31.5 Å². The molecule has 3 aromatic rings. The van der Waals surface area contributed by atoms with Gasteiger partial charge in [0, 0.05) is 24.5 Å². The zero-order valence-corrected chi connectivity index (χ0v) is 14.7. The molecule has 0 bridgehead atoms. The van der Waals surface area contributed by atoms with Gasteiger partial charge in [0.05, 0.1) is 38.0 Å². The molecule has 0 spiro atoms. The molecule has 27 heavy (non-hydrogen) atoms. The third kappa shape index (κ3) is 3.64. The highest BCUT2D eigenvalue weighted by atomic mass is 16.5. The summed E-state index contributed by atoms with van der Waals surface area (Å²) in [6.07, 6.45) is 4.55. The summed E-state index contributed by atoms with van der Waals surface area (Å²) in [4.78, 5) is 14.7. The largest absolute Gasteiger partial charge is 0.481 e. The minimum Gasteiger partial charge on any atom is -0.481 e. The maximum Gasteiger partial charge on any atom is 0.218 e. The van der Waals surface area contributed by atoms with Crippen molar-refractivity contribution in [1.82, 2.24) is 24.7 Å². The molecule has 1 unspecified atom stereocenters. The zero-order valence-electron chi connectivity index (χ0n) is 14.7. The van der Waals surface area contributed by atoms with Crippen LogP contribution in [0.5, 0.6) is 11.8 Å². The molecule has 0 fully saturated rings. The Labute approximate surface area is 155 Å². The highest BCUT2D eigenvalue weighted by molar-refractivity contribution is 5.42. The van der Waals surface area contributed by atoms with Crippen LogP contribution in [0.15, 0.2) is 43.0 Å². The average molecular weight is 363 g/mol. The molecule has 1 aliphatic heterocycles. The van der Waals surface area contributed by atoms with Gasteiger partial charge in [-0.25, -0.2) is 15.0 Å². The predicted molar refractivity (Wildman–Crippen MR) is 95.2 cm³/mol. The third-order valence-electron chi connectivity index (χ3n) is 4.27. The van der Waals surface area contributed by atoms with E-state index in [0.717, 1.165) is 11.5 Å². The lowest BCUT2D eigenvalue weighted by molar-refractivity contribution is 0.177. The molecule has 1 atom stereocenters. The molecule has 9 nitrogen and oxygen atoms in total. The summed E-state index contributed by atoms with van der Waals surface area (Å²) < 4.78 is 13.2. The van der Waals surface area contributed by atoms with Crippen molar-refractivity contribution >= 4 is 5.82 Å². The van der Waals surface area contributed by atoms with Gasteiger partial charge in [0.1, 0.15) is 24.3 Å². The van der Waals surface area contributed by atoms with Crippen LogP contribution in [0.1, 0.15) is 11.3 Å². The Morgan fingerprint density at radius 2 is 2.07 bits per heavy atom. The lowest BCUT2D eigenvalue weighted by Gasteiger charge is -2.25. The molecule has 3 aromatic heterocycles. The predicted octanol–water partition coefficient (Wildman–Crippen LogP) is 1.42. The van der Waals surface area contributed by atoms with Gasteiger partial charge in [-0.2, -0.15) is 10.4 Å². The van der Waals surface area contributed by atoms with Crippen LogP contribution < -0.4 is 14.4 Å². The Bertz CT molecular complexity index is 964. The average Bonchev–Trinajstić information content (AvgIpc) is 3.07. The number of nitrogens with zero attached hydrogens (tertiary/aromatic N) is 7. The van der Waals surface area contributed by atoms with Gasteiger partial charge in [0.25, 0.3) is 0 Å². The van der Waals surface area contributed by atoms with Crippen molar-refractivity contribution in [3.63, 3.8) is 0 Å². The molecule has 4 rings (SSSR count). The number of fused-ring (bicyclic) bond motifs is 1. The minimum atomic E-state index is -0.201. The number of methoxy groups -OCH3 is 1. The van der Waals surface area contributed by atoms with Crippen LogP contribution in [0.2, 0.25) is 0 Å². The molecular formula is C18H17N7O2. The first-order valence-corrected chi connectivity index (χ1v) is 8.39. The third-order valence-corrected chi connectivity index (χ3v) is 4.27. The molecule has 0 N–H and O–H groups in total. The molecular weight excluding hydrogens is 346 g/mol. The first-order valence-electron chi connectivity index (χ1n) is 8.39. The Hall–Kier alpha value is -3.67. The topological polar surface area (TPSA) is 102 Å². The van der Waals surface area contributed by atoms with E-state index in [4.69, 9.17) is 14.7 Å². The van der Waals surface area contributed by atoms with E-state index in [2.05, 4.69) is 31.0 Å². The van der Waals surface area contributed by atoms with Crippen molar-refractivity contribution < 1.29 is 9.47 Å². The molecule has 136 valence electrons. The number of pyridine rings is 1. The monoisotopic (exact) mass is 363 g/mol. The molecule has 0 aromatic carbocycles. The second-order valence-corrected chi connectivity index (χ2v) is 6.04. The van der Waals surface area contributed by atoms with Crippen molar-refractivity contribution in [1.29, 1.82) is 5.26 Å². The summed E-state index contributed by atoms with van der Waals surface area (Å²) in [7, 11) is 1.58. The summed E-state index contributed by atoms with van der Waals surface area (Å²) in [5, 5.41) is 13.3. The molecule has 9 heteroatoms. The Balaban J connectivity index is 1.60. The van der Waals surface area contributed by atoms with Crippen molar-refractivity contribution in [2.24, 2.45) is 0 Å². The first-order chi connectivity index (χ1) is 13.2. The lowest BCUT2D eigenvalue weighted by atomic mass is 10.3. The second kappa shape index (κ2) is 7.29. The van der Waals surface area contributed by atoms with Gasteiger partial charge < -0.3 is 14.4 Å². The van der Waals surface area contributed by atoms with E-state index in [-0.39, 0.29) is 6.10 Å². The van der Waals surface area contributed by atoms with Crippen molar-refractivity contribution in [3.05, 3.63) is 54.2 Å². The molecule has 0 aliphatic carbocycles. The van der Waals surface area contributed by atoms with Crippen LogP contribution in [0.4, 0.5) is 5.82 Å². The fourth-order valence-corrected chi connectivity index (χ4v) is 2.97. The fourth-order valence-electron chi connectivity index (χ4n) is 2.97. The van der Waals surface area contributed by atoms with Crippen LogP contribution in [0.25, 0.3) is 0 Å². The number of aromatic nitrogens is 5. The van der Waals surface area contributed by atoms with Gasteiger partial charge in [-0.15, -0.1) is 0 Å². The number of hydrogen-bond acceptors (Lipinski definition) is 8. The SMILES string of the molecule is COc1cc(N2Cc3ccnn3CC(Oc3ccc(C#N)cn3)C2)ncn1. The second-order valence-electron chi connectivity index (χ2n) is 6.04. The molecule has 4 heterocycles. The first kappa shape index (κ1) is 16.8. The number of nitriles is 1. The van der Waals surface area contributed by atoms with E-state index in [1.807, 2.05) is 10.7 Å². The van der Waals surface area contributed by atoms with Crippen molar-refractivity contribution in [2.75, 3.05) is 18.6 Å². The van der Waals surface area contributed by atoms with Crippen molar-refractivity contribution in [3.8, 4) is 17.8 Å². The van der Waals surface area contributed by atoms with Crippen molar-refractivity contribution in [2.45, 2.75) is 19.2 Å². The zero-order chi connectivity index (χ0) is 18.6. The lowest BCUT2D eigenvalue weighted by Crippen LogP contribution is -2.35. The van der Waals surface area contributed by atoms with E-state index < -0.39 is 0 Å². The van der Waals surface area contributed by atoms with Crippen LogP contribution in [-0.4, -0.2) is 44.5 Å². The Morgan fingerprint density at radius 1 is 1.15 bits per heavy atom. The van der Waals surface area contributed by atoms with Gasteiger partial charge in [0.15, 0.2) is 0 Å². The minimum absolute atomic E-state index is 0.201. The van der Waals surface area contributed by atoms with Gasteiger partial charge in [0.2, 0.25) is 11.8 Å².